The summed E-state index contributed by atoms with van der Waals surface area (Å²) < 4.78 is 0. The summed E-state index contributed by atoms with van der Waals surface area (Å²) >= 11 is 11.7. The van der Waals surface area contributed by atoms with Crippen LogP contribution in [0.4, 0.5) is 4.79 Å². The van der Waals surface area contributed by atoms with E-state index in [1.54, 1.807) is 25.1 Å². The maximum atomic E-state index is 10.4. The molecule has 0 saturated heterocycles. The van der Waals surface area contributed by atoms with E-state index >= 15 is 0 Å². The van der Waals surface area contributed by atoms with Crippen LogP contribution >= 0.6 is 23.2 Å². The normalized spacial score (nSPS) is 14.1. The first-order chi connectivity index (χ1) is 7.90. The number of hydrogen-bond acceptors (Lipinski definition) is 2. The van der Waals surface area contributed by atoms with Crippen LogP contribution in [0.3, 0.4) is 0 Å². The van der Waals surface area contributed by atoms with Crippen molar-refractivity contribution in [2.75, 3.05) is 0 Å². The van der Waals surface area contributed by atoms with Crippen LogP contribution in [-0.2, 0) is 6.42 Å². The number of hydrogen-bond donors (Lipinski definition) is 3. The molecular weight excluding hydrogens is 265 g/mol. The van der Waals surface area contributed by atoms with E-state index in [2.05, 4.69) is 5.32 Å². The van der Waals surface area contributed by atoms with Gasteiger partial charge in [-0.15, -0.1) is 0 Å². The van der Waals surface area contributed by atoms with Gasteiger partial charge in [-0.05, 0) is 24.6 Å². The van der Waals surface area contributed by atoms with Gasteiger partial charge >= 0.3 is 6.09 Å². The molecule has 0 aliphatic heterocycles. The zero-order valence-corrected chi connectivity index (χ0v) is 10.7. The third kappa shape index (κ3) is 4.42. The predicted molar refractivity (Wildman–Crippen MR) is 66.8 cm³/mol. The SMILES string of the molecule is CC(NC(=O)O)C(O)Cc1ccc(Cl)cc1Cl. The van der Waals surface area contributed by atoms with Crippen molar-refractivity contribution in [3.8, 4) is 0 Å². The summed E-state index contributed by atoms with van der Waals surface area (Å²) in [7, 11) is 0. The number of aliphatic hydroxyl groups excluding tert-OH is 1. The first-order valence-corrected chi connectivity index (χ1v) is 5.77. The highest BCUT2D eigenvalue weighted by Crippen LogP contribution is 2.22. The summed E-state index contributed by atoms with van der Waals surface area (Å²) in [5, 5.41) is 21.5. The van der Waals surface area contributed by atoms with Crippen LogP contribution in [0.15, 0.2) is 18.2 Å². The largest absolute Gasteiger partial charge is 0.465 e. The molecule has 0 bridgehead atoms. The summed E-state index contributed by atoms with van der Waals surface area (Å²) in [4.78, 5) is 10.4. The zero-order valence-electron chi connectivity index (χ0n) is 9.15. The van der Waals surface area contributed by atoms with Crippen LogP contribution in [0.25, 0.3) is 0 Å². The second-order valence-electron chi connectivity index (χ2n) is 3.75. The van der Waals surface area contributed by atoms with Gasteiger partial charge in [-0.25, -0.2) is 4.79 Å². The molecule has 3 N–H and O–H groups in total. The molecule has 6 heteroatoms. The van der Waals surface area contributed by atoms with Gasteiger partial charge in [0.25, 0.3) is 0 Å². The highest BCUT2D eigenvalue weighted by atomic mass is 35.5. The number of amides is 1. The van der Waals surface area contributed by atoms with Crippen LogP contribution in [-0.4, -0.2) is 28.5 Å². The van der Waals surface area contributed by atoms with E-state index in [0.717, 1.165) is 5.56 Å². The minimum absolute atomic E-state index is 0.261. The van der Waals surface area contributed by atoms with Gasteiger partial charge in [-0.1, -0.05) is 29.3 Å². The van der Waals surface area contributed by atoms with Gasteiger partial charge < -0.3 is 15.5 Å². The van der Waals surface area contributed by atoms with Crippen molar-refractivity contribution >= 4 is 29.3 Å². The van der Waals surface area contributed by atoms with Gasteiger partial charge in [0.15, 0.2) is 0 Å². The molecule has 0 radical (unpaired) electrons. The van der Waals surface area contributed by atoms with Crippen molar-refractivity contribution in [3.63, 3.8) is 0 Å². The highest BCUT2D eigenvalue weighted by Gasteiger charge is 2.17. The van der Waals surface area contributed by atoms with Gasteiger partial charge in [-0.3, -0.25) is 0 Å². The number of nitrogens with one attached hydrogen (secondary N) is 1. The number of rotatable bonds is 4. The molecule has 1 rings (SSSR count). The van der Waals surface area contributed by atoms with Gasteiger partial charge in [0.2, 0.25) is 0 Å². The molecule has 94 valence electrons. The second kappa shape index (κ2) is 6.10. The third-order valence-electron chi connectivity index (χ3n) is 2.37. The molecule has 0 fully saturated rings. The lowest BCUT2D eigenvalue weighted by molar-refractivity contribution is 0.126. The topological polar surface area (TPSA) is 69.6 Å². The molecule has 0 aliphatic carbocycles. The quantitative estimate of drug-likeness (QED) is 0.792. The molecule has 0 aromatic heterocycles. The molecule has 2 atom stereocenters. The minimum Gasteiger partial charge on any atom is -0.465 e. The average Bonchev–Trinajstić information content (AvgIpc) is 2.21. The fourth-order valence-corrected chi connectivity index (χ4v) is 1.87. The first kappa shape index (κ1) is 14.1. The lowest BCUT2D eigenvalue weighted by Crippen LogP contribution is -2.41. The van der Waals surface area contributed by atoms with E-state index in [4.69, 9.17) is 28.3 Å². The van der Waals surface area contributed by atoms with Gasteiger partial charge in [0.05, 0.1) is 12.1 Å². The molecule has 4 nitrogen and oxygen atoms in total. The van der Waals surface area contributed by atoms with Gasteiger partial charge in [0, 0.05) is 16.5 Å². The third-order valence-corrected chi connectivity index (χ3v) is 2.96. The van der Waals surface area contributed by atoms with Gasteiger partial charge in [-0.2, -0.15) is 0 Å². The number of aliphatic hydroxyl groups is 1. The molecule has 0 spiro atoms. The zero-order chi connectivity index (χ0) is 13.0. The Hall–Kier alpha value is -0.970. The van der Waals surface area contributed by atoms with Crippen molar-refractivity contribution in [2.45, 2.75) is 25.5 Å². The van der Waals surface area contributed by atoms with Gasteiger partial charge in [0.1, 0.15) is 0 Å². The van der Waals surface area contributed by atoms with E-state index in [1.165, 1.54) is 0 Å². The van der Waals surface area contributed by atoms with Crippen LogP contribution in [0.1, 0.15) is 12.5 Å². The van der Waals surface area contributed by atoms with E-state index in [9.17, 15) is 9.90 Å². The molecule has 2 unspecified atom stereocenters. The number of halogens is 2. The summed E-state index contributed by atoms with van der Waals surface area (Å²) in [6.07, 6.45) is -1.75. The number of benzene rings is 1. The van der Waals surface area contributed by atoms with Crippen LogP contribution in [0.5, 0.6) is 0 Å². The Balaban J connectivity index is 2.67. The molecule has 1 aromatic rings. The highest BCUT2D eigenvalue weighted by molar-refractivity contribution is 6.35. The van der Waals surface area contributed by atoms with Crippen LogP contribution in [0.2, 0.25) is 10.0 Å². The lowest BCUT2D eigenvalue weighted by Gasteiger charge is -2.19. The average molecular weight is 278 g/mol. The Labute approximate surface area is 109 Å². The molecular formula is C11H13Cl2NO3. The maximum absolute atomic E-state index is 10.4. The molecule has 0 heterocycles. The summed E-state index contributed by atoms with van der Waals surface area (Å²) in [6, 6.07) is 4.39. The van der Waals surface area contributed by atoms with Crippen molar-refractivity contribution in [1.82, 2.24) is 5.32 Å². The van der Waals surface area contributed by atoms with Crippen molar-refractivity contribution in [1.29, 1.82) is 0 Å². The molecule has 17 heavy (non-hydrogen) atoms. The molecule has 1 amide bonds. The maximum Gasteiger partial charge on any atom is 0.404 e. The van der Waals surface area contributed by atoms with Crippen molar-refractivity contribution in [3.05, 3.63) is 33.8 Å². The Bertz CT molecular complexity index is 412. The fraction of sp³-hybridized carbons (Fsp3) is 0.364. The Morgan fingerprint density at radius 2 is 2.12 bits per heavy atom. The Morgan fingerprint density at radius 1 is 1.47 bits per heavy atom. The molecule has 1 aromatic carbocycles. The predicted octanol–water partition coefficient (Wildman–Crippen LogP) is 2.55. The molecule has 0 saturated carbocycles. The number of carbonyl (C=O) groups is 1. The van der Waals surface area contributed by atoms with Crippen molar-refractivity contribution in [2.24, 2.45) is 0 Å². The van der Waals surface area contributed by atoms with E-state index in [-0.39, 0.29) is 6.42 Å². The monoisotopic (exact) mass is 277 g/mol. The summed E-state index contributed by atoms with van der Waals surface area (Å²) in [5.41, 5.74) is 0.725. The fourth-order valence-electron chi connectivity index (χ4n) is 1.38. The lowest BCUT2D eigenvalue weighted by atomic mass is 10.0. The van der Waals surface area contributed by atoms with Crippen LogP contribution in [0, 0.1) is 0 Å². The first-order valence-electron chi connectivity index (χ1n) is 5.01. The summed E-state index contributed by atoms with van der Waals surface area (Å²) in [5.74, 6) is 0. The van der Waals surface area contributed by atoms with Crippen LogP contribution < -0.4 is 5.32 Å². The van der Waals surface area contributed by atoms with E-state index < -0.39 is 18.2 Å². The van der Waals surface area contributed by atoms with Crippen molar-refractivity contribution < 1.29 is 15.0 Å². The number of carboxylic acid groups (broad SMARTS) is 1. The van der Waals surface area contributed by atoms with E-state index in [0.29, 0.717) is 10.0 Å². The minimum atomic E-state index is -1.17. The summed E-state index contributed by atoms with van der Waals surface area (Å²) in [6.45, 7) is 1.59. The Kier molecular flexibility index (Phi) is 5.05. The van der Waals surface area contributed by atoms with E-state index in [1.807, 2.05) is 0 Å². The molecule has 0 aliphatic rings. The smallest absolute Gasteiger partial charge is 0.404 e. The second-order valence-corrected chi connectivity index (χ2v) is 4.59. The standard InChI is InChI=1S/C11H13Cl2NO3/c1-6(14-11(16)17)10(15)4-7-2-3-8(12)5-9(7)13/h2-3,5-6,10,14-15H,4H2,1H3,(H,16,17). The Morgan fingerprint density at radius 3 is 2.65 bits per heavy atom.